The van der Waals surface area contributed by atoms with Gasteiger partial charge in [-0.2, -0.15) is 0 Å². The molecule has 0 saturated carbocycles. The molecule has 2 aromatic carbocycles. The number of halogens is 1. The van der Waals surface area contributed by atoms with Crippen LogP contribution in [-0.2, 0) is 4.84 Å². The van der Waals surface area contributed by atoms with Gasteiger partial charge in [-0.15, -0.1) is 0 Å². The highest BCUT2D eigenvalue weighted by Gasteiger charge is 2.13. The van der Waals surface area contributed by atoms with Crippen LogP contribution in [0.3, 0.4) is 0 Å². The third-order valence-corrected chi connectivity index (χ3v) is 2.88. The number of rotatable bonds is 3. The van der Waals surface area contributed by atoms with Crippen LogP contribution >= 0.6 is 15.9 Å². The summed E-state index contributed by atoms with van der Waals surface area (Å²) in [5.41, 5.74) is 2.08. The molecule has 0 saturated heterocycles. The van der Waals surface area contributed by atoms with Gasteiger partial charge in [-0.3, -0.25) is 4.84 Å². The van der Waals surface area contributed by atoms with E-state index >= 15 is 0 Å². The lowest BCUT2D eigenvalue weighted by Gasteiger charge is -2.15. The van der Waals surface area contributed by atoms with E-state index in [1.54, 1.807) is 0 Å². The fourth-order valence-corrected chi connectivity index (χ4v) is 2.06. The first kappa shape index (κ1) is 11.3. The van der Waals surface area contributed by atoms with Crippen LogP contribution in [-0.4, -0.2) is 0 Å². The predicted octanol–water partition coefficient (Wildman–Crippen LogP) is 3.43. The van der Waals surface area contributed by atoms with E-state index in [1.165, 1.54) is 0 Å². The Kier molecular flexibility index (Phi) is 3.72. The van der Waals surface area contributed by atoms with Gasteiger partial charge in [-0.25, -0.2) is 5.90 Å². The van der Waals surface area contributed by atoms with Gasteiger partial charge in [-0.1, -0.05) is 58.4 Å². The molecule has 2 aromatic rings. The maximum Gasteiger partial charge on any atom is 0.129 e. The van der Waals surface area contributed by atoms with E-state index < -0.39 is 0 Å². The summed E-state index contributed by atoms with van der Waals surface area (Å²) < 4.78 is 1.02. The van der Waals surface area contributed by atoms with Gasteiger partial charge < -0.3 is 0 Å². The van der Waals surface area contributed by atoms with Crippen LogP contribution in [0, 0.1) is 0 Å². The van der Waals surface area contributed by atoms with Crippen molar-refractivity contribution in [2.24, 2.45) is 5.90 Å². The Morgan fingerprint density at radius 3 is 2.25 bits per heavy atom. The summed E-state index contributed by atoms with van der Waals surface area (Å²) in [5, 5.41) is 0. The molecule has 0 heterocycles. The van der Waals surface area contributed by atoms with Gasteiger partial charge in [0.15, 0.2) is 0 Å². The van der Waals surface area contributed by atoms with E-state index in [0.717, 1.165) is 15.6 Å². The first-order chi connectivity index (χ1) is 7.81. The lowest BCUT2D eigenvalue weighted by atomic mass is 10.0. The monoisotopic (exact) mass is 277 g/mol. The van der Waals surface area contributed by atoms with Gasteiger partial charge in [-0.05, 0) is 23.3 Å². The zero-order chi connectivity index (χ0) is 11.4. The minimum absolute atomic E-state index is 0.223. The van der Waals surface area contributed by atoms with Crippen LogP contribution in [0.4, 0.5) is 0 Å². The molecule has 0 amide bonds. The maximum absolute atomic E-state index is 5.37. The Balaban J connectivity index is 2.37. The second-order valence-electron chi connectivity index (χ2n) is 3.48. The van der Waals surface area contributed by atoms with Crippen LogP contribution in [0.25, 0.3) is 0 Å². The quantitative estimate of drug-likeness (QED) is 0.873. The van der Waals surface area contributed by atoms with Crippen molar-refractivity contribution < 1.29 is 4.84 Å². The second-order valence-corrected chi connectivity index (χ2v) is 4.40. The fraction of sp³-hybridized carbons (Fsp3) is 0.0769. The molecule has 16 heavy (non-hydrogen) atoms. The number of hydrogen-bond donors (Lipinski definition) is 1. The van der Waals surface area contributed by atoms with Crippen LogP contribution < -0.4 is 5.90 Å². The van der Waals surface area contributed by atoms with Crippen LogP contribution in [0.5, 0.6) is 0 Å². The van der Waals surface area contributed by atoms with Gasteiger partial charge in [0.05, 0.1) is 0 Å². The molecule has 2 nitrogen and oxygen atoms in total. The van der Waals surface area contributed by atoms with Crippen molar-refractivity contribution in [2.45, 2.75) is 6.10 Å². The van der Waals surface area contributed by atoms with Gasteiger partial charge in [0.2, 0.25) is 0 Å². The number of nitrogens with two attached hydrogens (primary N) is 1. The average molecular weight is 278 g/mol. The zero-order valence-corrected chi connectivity index (χ0v) is 10.2. The smallest absolute Gasteiger partial charge is 0.129 e. The molecule has 0 spiro atoms. The topological polar surface area (TPSA) is 35.2 Å². The van der Waals surface area contributed by atoms with Gasteiger partial charge >= 0.3 is 0 Å². The molecule has 0 fully saturated rings. The molecule has 2 N–H and O–H groups in total. The molecular formula is C13H12BrNO. The Hall–Kier alpha value is -1.16. The molecule has 1 atom stereocenters. The lowest BCUT2D eigenvalue weighted by Crippen LogP contribution is -2.10. The van der Waals surface area contributed by atoms with E-state index in [0.29, 0.717) is 0 Å². The van der Waals surface area contributed by atoms with Crippen molar-refractivity contribution in [3.63, 3.8) is 0 Å². The van der Waals surface area contributed by atoms with E-state index in [1.807, 2.05) is 54.6 Å². The largest absolute Gasteiger partial charge is 0.292 e. The molecular weight excluding hydrogens is 266 g/mol. The van der Waals surface area contributed by atoms with Crippen LogP contribution in [0.1, 0.15) is 17.2 Å². The van der Waals surface area contributed by atoms with E-state index in [4.69, 9.17) is 10.7 Å². The predicted molar refractivity (Wildman–Crippen MR) is 67.7 cm³/mol. The van der Waals surface area contributed by atoms with Crippen molar-refractivity contribution in [3.05, 3.63) is 70.2 Å². The minimum Gasteiger partial charge on any atom is -0.292 e. The Morgan fingerprint density at radius 2 is 1.62 bits per heavy atom. The summed E-state index contributed by atoms with van der Waals surface area (Å²) in [6, 6.07) is 17.9. The maximum atomic E-state index is 5.37. The van der Waals surface area contributed by atoms with Crippen molar-refractivity contribution in [1.82, 2.24) is 0 Å². The summed E-state index contributed by atoms with van der Waals surface area (Å²) in [6.45, 7) is 0. The summed E-state index contributed by atoms with van der Waals surface area (Å²) in [6.07, 6.45) is -0.223. The van der Waals surface area contributed by atoms with Crippen molar-refractivity contribution in [3.8, 4) is 0 Å². The molecule has 82 valence electrons. The van der Waals surface area contributed by atoms with Crippen molar-refractivity contribution in [2.75, 3.05) is 0 Å². The molecule has 0 aliphatic rings. The average Bonchev–Trinajstić information content (AvgIpc) is 2.31. The summed E-state index contributed by atoms with van der Waals surface area (Å²) in [4.78, 5) is 5.06. The van der Waals surface area contributed by atoms with E-state index in [9.17, 15) is 0 Å². The molecule has 0 aliphatic carbocycles. The highest BCUT2D eigenvalue weighted by atomic mass is 79.9. The van der Waals surface area contributed by atoms with Gasteiger partial charge in [0.25, 0.3) is 0 Å². The Labute approximate surface area is 103 Å². The molecule has 3 heteroatoms. The molecule has 2 rings (SSSR count). The fourth-order valence-electron chi connectivity index (χ4n) is 1.65. The Morgan fingerprint density at radius 1 is 0.938 bits per heavy atom. The SMILES string of the molecule is NOC(c1ccccc1)c1cccc(Br)c1. The van der Waals surface area contributed by atoms with E-state index in [-0.39, 0.29) is 6.10 Å². The third kappa shape index (κ3) is 2.50. The standard InChI is InChI=1S/C13H12BrNO/c14-12-8-4-7-11(9-12)13(16-15)10-5-2-1-3-6-10/h1-9,13H,15H2. The first-order valence-corrected chi connectivity index (χ1v) is 5.76. The highest BCUT2D eigenvalue weighted by Crippen LogP contribution is 2.26. The zero-order valence-electron chi connectivity index (χ0n) is 8.64. The number of hydrogen-bond acceptors (Lipinski definition) is 2. The van der Waals surface area contributed by atoms with Crippen molar-refractivity contribution >= 4 is 15.9 Å². The summed E-state index contributed by atoms with van der Waals surface area (Å²) in [5.74, 6) is 5.37. The van der Waals surface area contributed by atoms with Crippen LogP contribution in [0.2, 0.25) is 0 Å². The lowest BCUT2D eigenvalue weighted by molar-refractivity contribution is 0.0813. The molecule has 0 aromatic heterocycles. The van der Waals surface area contributed by atoms with Crippen LogP contribution in [0.15, 0.2) is 59.1 Å². The third-order valence-electron chi connectivity index (χ3n) is 2.39. The minimum atomic E-state index is -0.223. The molecule has 0 aliphatic heterocycles. The molecule has 1 unspecified atom stereocenters. The number of benzene rings is 2. The summed E-state index contributed by atoms with van der Waals surface area (Å²) >= 11 is 3.44. The van der Waals surface area contributed by atoms with E-state index in [2.05, 4.69) is 15.9 Å². The molecule has 0 radical (unpaired) electrons. The highest BCUT2D eigenvalue weighted by molar-refractivity contribution is 9.10. The van der Waals surface area contributed by atoms with Gasteiger partial charge in [0, 0.05) is 4.47 Å². The van der Waals surface area contributed by atoms with Crippen molar-refractivity contribution in [1.29, 1.82) is 0 Å². The normalized spacial score (nSPS) is 12.4. The first-order valence-electron chi connectivity index (χ1n) is 4.97. The second kappa shape index (κ2) is 5.25. The van der Waals surface area contributed by atoms with Gasteiger partial charge in [0.1, 0.15) is 6.10 Å². The summed E-state index contributed by atoms with van der Waals surface area (Å²) in [7, 11) is 0. The molecule has 0 bridgehead atoms. The Bertz CT molecular complexity index is 458.